The van der Waals surface area contributed by atoms with Gasteiger partial charge in [-0.25, -0.2) is 0 Å². The molecule has 7 nitrogen and oxygen atoms in total. The Morgan fingerprint density at radius 1 is 1.14 bits per heavy atom. The van der Waals surface area contributed by atoms with E-state index in [4.69, 9.17) is 4.74 Å². The number of aromatic nitrogens is 3. The van der Waals surface area contributed by atoms with Crippen molar-refractivity contribution in [1.29, 1.82) is 0 Å². The lowest BCUT2D eigenvalue weighted by Gasteiger charge is -2.18. The van der Waals surface area contributed by atoms with Crippen LogP contribution in [0.3, 0.4) is 0 Å². The smallest absolute Gasteiger partial charge is 0.231 e. The standard InChI is InChI=1S/C14H26N6O/c1-4-7-15-12-17-13(16-10-11(2)21-3)19-14(18-12)20-8-5-6-9-20/h11H,4-10H2,1-3H3,(H2,15,16,17,18,19). The van der Waals surface area contributed by atoms with Crippen molar-refractivity contribution in [3.8, 4) is 0 Å². The molecule has 0 amide bonds. The van der Waals surface area contributed by atoms with Gasteiger partial charge in [0, 0.05) is 33.3 Å². The van der Waals surface area contributed by atoms with Crippen LogP contribution in [0.4, 0.5) is 17.8 Å². The Hall–Kier alpha value is -1.63. The molecule has 118 valence electrons. The van der Waals surface area contributed by atoms with E-state index in [1.807, 2.05) is 6.92 Å². The predicted octanol–water partition coefficient (Wildman–Crippen LogP) is 1.74. The lowest BCUT2D eigenvalue weighted by molar-refractivity contribution is 0.128. The van der Waals surface area contributed by atoms with Crippen molar-refractivity contribution in [3.05, 3.63) is 0 Å². The first-order chi connectivity index (χ1) is 10.2. The van der Waals surface area contributed by atoms with Crippen molar-refractivity contribution in [1.82, 2.24) is 15.0 Å². The molecule has 1 saturated heterocycles. The maximum atomic E-state index is 5.24. The van der Waals surface area contributed by atoms with Crippen LogP contribution in [-0.4, -0.2) is 54.3 Å². The zero-order valence-electron chi connectivity index (χ0n) is 13.2. The first-order valence-corrected chi connectivity index (χ1v) is 7.74. The normalized spacial score (nSPS) is 16.0. The Kier molecular flexibility index (Phi) is 5.98. The molecule has 2 heterocycles. The Balaban J connectivity index is 2.11. The molecule has 1 aromatic rings. The summed E-state index contributed by atoms with van der Waals surface area (Å²) in [5.74, 6) is 2.00. The van der Waals surface area contributed by atoms with Crippen LogP contribution < -0.4 is 15.5 Å². The number of methoxy groups -OCH3 is 1. The Morgan fingerprint density at radius 3 is 2.43 bits per heavy atom. The maximum Gasteiger partial charge on any atom is 0.231 e. The highest BCUT2D eigenvalue weighted by molar-refractivity contribution is 5.44. The van der Waals surface area contributed by atoms with Crippen LogP contribution in [0.25, 0.3) is 0 Å². The molecule has 1 unspecified atom stereocenters. The number of hydrogen-bond donors (Lipinski definition) is 2. The number of nitrogens with zero attached hydrogens (tertiary/aromatic N) is 4. The fraction of sp³-hybridized carbons (Fsp3) is 0.786. The molecule has 2 rings (SSSR count). The average Bonchev–Trinajstić information content (AvgIpc) is 3.04. The summed E-state index contributed by atoms with van der Waals surface area (Å²) >= 11 is 0. The first kappa shape index (κ1) is 15.8. The highest BCUT2D eigenvalue weighted by atomic mass is 16.5. The third-order valence-electron chi connectivity index (χ3n) is 3.50. The van der Waals surface area contributed by atoms with Gasteiger partial charge in [0.05, 0.1) is 6.10 Å². The minimum Gasteiger partial charge on any atom is -0.380 e. The van der Waals surface area contributed by atoms with Gasteiger partial charge >= 0.3 is 0 Å². The van der Waals surface area contributed by atoms with Crippen LogP contribution in [0.2, 0.25) is 0 Å². The van der Waals surface area contributed by atoms with Gasteiger partial charge in [-0.05, 0) is 26.2 Å². The van der Waals surface area contributed by atoms with Crippen molar-refractivity contribution < 1.29 is 4.74 Å². The molecule has 2 N–H and O–H groups in total. The Labute approximate surface area is 126 Å². The summed E-state index contributed by atoms with van der Waals surface area (Å²) in [6.45, 7) is 7.70. The van der Waals surface area contributed by atoms with Gasteiger partial charge in [-0.2, -0.15) is 15.0 Å². The van der Waals surface area contributed by atoms with Gasteiger partial charge in [0.15, 0.2) is 0 Å². The molecule has 1 aliphatic heterocycles. The molecule has 1 aromatic heterocycles. The van der Waals surface area contributed by atoms with E-state index in [0.717, 1.165) is 32.0 Å². The van der Waals surface area contributed by atoms with Gasteiger partial charge in [0.2, 0.25) is 17.8 Å². The molecule has 1 fully saturated rings. The van der Waals surface area contributed by atoms with E-state index in [2.05, 4.69) is 37.4 Å². The van der Waals surface area contributed by atoms with E-state index in [1.54, 1.807) is 7.11 Å². The van der Waals surface area contributed by atoms with E-state index in [9.17, 15) is 0 Å². The van der Waals surface area contributed by atoms with Gasteiger partial charge in [0.1, 0.15) is 0 Å². The molecule has 0 saturated carbocycles. The minimum absolute atomic E-state index is 0.115. The molecule has 0 aromatic carbocycles. The Morgan fingerprint density at radius 2 is 1.81 bits per heavy atom. The van der Waals surface area contributed by atoms with Crippen LogP contribution in [0.5, 0.6) is 0 Å². The topological polar surface area (TPSA) is 75.2 Å². The van der Waals surface area contributed by atoms with Crippen LogP contribution in [0, 0.1) is 0 Å². The van der Waals surface area contributed by atoms with Crippen molar-refractivity contribution >= 4 is 17.8 Å². The lowest BCUT2D eigenvalue weighted by Crippen LogP contribution is -2.24. The third kappa shape index (κ3) is 4.70. The summed E-state index contributed by atoms with van der Waals surface area (Å²) in [6, 6.07) is 0. The van der Waals surface area contributed by atoms with Crippen LogP contribution in [-0.2, 0) is 4.74 Å². The second kappa shape index (κ2) is 7.97. The number of anilines is 3. The largest absolute Gasteiger partial charge is 0.380 e. The third-order valence-corrected chi connectivity index (χ3v) is 3.50. The van der Waals surface area contributed by atoms with Crippen LogP contribution >= 0.6 is 0 Å². The molecule has 1 atom stereocenters. The number of nitrogens with one attached hydrogen (secondary N) is 2. The van der Waals surface area contributed by atoms with Gasteiger partial charge in [0.25, 0.3) is 0 Å². The van der Waals surface area contributed by atoms with Crippen molar-refractivity contribution in [3.63, 3.8) is 0 Å². The summed E-state index contributed by atoms with van der Waals surface area (Å²) in [6.07, 6.45) is 3.55. The SMILES string of the molecule is CCCNc1nc(NCC(C)OC)nc(N2CCCC2)n1. The van der Waals surface area contributed by atoms with Crippen LogP contribution in [0.15, 0.2) is 0 Å². The molecular formula is C14H26N6O. The molecule has 0 radical (unpaired) electrons. The van der Waals surface area contributed by atoms with Gasteiger partial charge in [-0.1, -0.05) is 6.92 Å². The minimum atomic E-state index is 0.115. The fourth-order valence-corrected chi connectivity index (χ4v) is 2.14. The summed E-state index contributed by atoms with van der Waals surface area (Å²) in [4.78, 5) is 15.7. The zero-order chi connectivity index (χ0) is 15.1. The molecule has 0 bridgehead atoms. The van der Waals surface area contributed by atoms with Crippen molar-refractivity contribution in [2.45, 2.75) is 39.2 Å². The number of rotatable bonds is 8. The second-order valence-corrected chi connectivity index (χ2v) is 5.33. The molecule has 21 heavy (non-hydrogen) atoms. The molecular weight excluding hydrogens is 268 g/mol. The van der Waals surface area contributed by atoms with Gasteiger partial charge < -0.3 is 20.3 Å². The Bertz CT molecular complexity index is 435. The van der Waals surface area contributed by atoms with Crippen molar-refractivity contribution in [2.24, 2.45) is 0 Å². The summed E-state index contributed by atoms with van der Waals surface area (Å²) in [7, 11) is 1.70. The fourth-order valence-electron chi connectivity index (χ4n) is 2.14. The quantitative estimate of drug-likeness (QED) is 0.756. The van der Waals surface area contributed by atoms with E-state index in [-0.39, 0.29) is 6.10 Å². The van der Waals surface area contributed by atoms with Gasteiger partial charge in [-0.15, -0.1) is 0 Å². The lowest BCUT2D eigenvalue weighted by atomic mass is 10.4. The van der Waals surface area contributed by atoms with E-state index < -0.39 is 0 Å². The first-order valence-electron chi connectivity index (χ1n) is 7.74. The molecule has 1 aliphatic rings. The zero-order valence-corrected chi connectivity index (χ0v) is 13.2. The van der Waals surface area contributed by atoms with Crippen LogP contribution in [0.1, 0.15) is 33.1 Å². The number of hydrogen-bond acceptors (Lipinski definition) is 7. The average molecular weight is 294 g/mol. The highest BCUT2D eigenvalue weighted by Crippen LogP contribution is 2.18. The number of ether oxygens (including phenoxy) is 1. The summed E-state index contributed by atoms with van der Waals surface area (Å²) in [5.41, 5.74) is 0. The summed E-state index contributed by atoms with van der Waals surface area (Å²) in [5, 5.41) is 6.46. The molecule has 0 spiro atoms. The predicted molar refractivity (Wildman–Crippen MR) is 85.0 cm³/mol. The monoisotopic (exact) mass is 294 g/mol. The maximum absolute atomic E-state index is 5.24. The van der Waals surface area contributed by atoms with E-state index in [1.165, 1.54) is 12.8 Å². The summed E-state index contributed by atoms with van der Waals surface area (Å²) < 4.78 is 5.24. The van der Waals surface area contributed by atoms with E-state index in [0.29, 0.717) is 18.4 Å². The van der Waals surface area contributed by atoms with Gasteiger partial charge in [-0.3, -0.25) is 0 Å². The second-order valence-electron chi connectivity index (χ2n) is 5.33. The molecule has 7 heteroatoms. The highest BCUT2D eigenvalue weighted by Gasteiger charge is 2.17. The van der Waals surface area contributed by atoms with E-state index >= 15 is 0 Å². The van der Waals surface area contributed by atoms with Crippen molar-refractivity contribution in [2.75, 3.05) is 48.8 Å². The molecule has 0 aliphatic carbocycles.